The van der Waals surface area contributed by atoms with Crippen LogP contribution >= 0.6 is 0 Å². The van der Waals surface area contributed by atoms with Gasteiger partial charge in [-0.25, -0.2) is 0 Å². The Morgan fingerprint density at radius 3 is 2.67 bits per heavy atom. The molecule has 0 spiro atoms. The van der Waals surface area contributed by atoms with Crippen molar-refractivity contribution in [2.45, 2.75) is 39.3 Å². The minimum Gasteiger partial charge on any atom is -0.395 e. The first kappa shape index (κ1) is 12.2. The van der Waals surface area contributed by atoms with Crippen molar-refractivity contribution in [3.8, 4) is 0 Å². The summed E-state index contributed by atoms with van der Waals surface area (Å²) in [5.41, 5.74) is 2.35. The molecule has 0 amide bonds. The lowest BCUT2D eigenvalue weighted by Gasteiger charge is -2.11. The number of hydrogen-bond donors (Lipinski definition) is 2. The standard InChI is InChI=1S/C11H21N3O/c1-8(2)11-10(6-14(4)13-11)5-12-9(3)7-15/h6,8-9,12,15H,5,7H2,1-4H3. The van der Waals surface area contributed by atoms with Crippen molar-refractivity contribution < 1.29 is 5.11 Å². The van der Waals surface area contributed by atoms with E-state index < -0.39 is 0 Å². The van der Waals surface area contributed by atoms with Crippen LogP contribution in [0.5, 0.6) is 0 Å². The monoisotopic (exact) mass is 211 g/mol. The van der Waals surface area contributed by atoms with Crippen molar-refractivity contribution >= 4 is 0 Å². The first-order valence-electron chi connectivity index (χ1n) is 5.41. The van der Waals surface area contributed by atoms with E-state index in [1.165, 1.54) is 5.56 Å². The summed E-state index contributed by atoms with van der Waals surface area (Å²) in [6, 6.07) is 0.130. The molecule has 86 valence electrons. The van der Waals surface area contributed by atoms with E-state index in [1.807, 2.05) is 24.9 Å². The third-order valence-electron chi connectivity index (χ3n) is 2.40. The Labute approximate surface area is 91.3 Å². The van der Waals surface area contributed by atoms with Crippen LogP contribution in [0, 0.1) is 0 Å². The molecule has 4 nitrogen and oxygen atoms in total. The minimum absolute atomic E-state index is 0.130. The maximum absolute atomic E-state index is 8.91. The number of rotatable bonds is 5. The molecule has 4 heteroatoms. The molecule has 0 aliphatic rings. The summed E-state index contributed by atoms with van der Waals surface area (Å²) in [5, 5.41) is 16.6. The maximum atomic E-state index is 8.91. The SMILES string of the molecule is CC(CO)NCc1cn(C)nc1C(C)C. The zero-order chi connectivity index (χ0) is 11.4. The molecular formula is C11H21N3O. The van der Waals surface area contributed by atoms with Crippen molar-refractivity contribution in [3.63, 3.8) is 0 Å². The van der Waals surface area contributed by atoms with Crippen molar-refractivity contribution in [1.29, 1.82) is 0 Å². The summed E-state index contributed by atoms with van der Waals surface area (Å²) in [6.07, 6.45) is 2.03. The second-order valence-electron chi connectivity index (χ2n) is 4.33. The molecule has 1 atom stereocenters. The fourth-order valence-electron chi connectivity index (χ4n) is 1.53. The maximum Gasteiger partial charge on any atom is 0.0694 e. The third-order valence-corrected chi connectivity index (χ3v) is 2.40. The zero-order valence-electron chi connectivity index (χ0n) is 9.99. The summed E-state index contributed by atoms with van der Waals surface area (Å²) >= 11 is 0. The molecule has 0 saturated heterocycles. The average molecular weight is 211 g/mol. The molecular weight excluding hydrogens is 190 g/mol. The van der Waals surface area contributed by atoms with E-state index in [0.29, 0.717) is 5.92 Å². The number of aromatic nitrogens is 2. The van der Waals surface area contributed by atoms with Gasteiger partial charge in [0.25, 0.3) is 0 Å². The number of hydrogen-bond acceptors (Lipinski definition) is 3. The van der Waals surface area contributed by atoms with E-state index in [4.69, 9.17) is 5.11 Å². The Balaban J connectivity index is 2.67. The van der Waals surface area contributed by atoms with Crippen LogP contribution in [0.1, 0.15) is 37.9 Å². The van der Waals surface area contributed by atoms with Gasteiger partial charge < -0.3 is 10.4 Å². The predicted octanol–water partition coefficient (Wildman–Crippen LogP) is 1.01. The summed E-state index contributed by atoms with van der Waals surface area (Å²) in [5.74, 6) is 0.437. The van der Waals surface area contributed by atoms with Gasteiger partial charge in [0, 0.05) is 31.4 Å². The first-order valence-corrected chi connectivity index (χ1v) is 5.41. The lowest BCUT2D eigenvalue weighted by atomic mass is 10.1. The number of aliphatic hydroxyl groups excluding tert-OH is 1. The van der Waals surface area contributed by atoms with Gasteiger partial charge in [-0.15, -0.1) is 0 Å². The van der Waals surface area contributed by atoms with Gasteiger partial charge in [0.15, 0.2) is 0 Å². The van der Waals surface area contributed by atoms with E-state index in [1.54, 1.807) is 0 Å². The van der Waals surface area contributed by atoms with Gasteiger partial charge in [-0.3, -0.25) is 4.68 Å². The van der Waals surface area contributed by atoms with E-state index >= 15 is 0 Å². The quantitative estimate of drug-likeness (QED) is 0.764. The van der Waals surface area contributed by atoms with Gasteiger partial charge in [-0.2, -0.15) is 5.10 Å². The Morgan fingerprint density at radius 1 is 1.47 bits per heavy atom. The van der Waals surface area contributed by atoms with Gasteiger partial charge >= 0.3 is 0 Å². The van der Waals surface area contributed by atoms with Crippen LogP contribution in [0.2, 0.25) is 0 Å². The highest BCUT2D eigenvalue weighted by Gasteiger charge is 2.11. The summed E-state index contributed by atoms with van der Waals surface area (Å²) < 4.78 is 1.84. The van der Waals surface area contributed by atoms with E-state index in [9.17, 15) is 0 Å². The van der Waals surface area contributed by atoms with Crippen LogP contribution in [0.4, 0.5) is 0 Å². The van der Waals surface area contributed by atoms with Gasteiger partial charge in [-0.1, -0.05) is 13.8 Å². The van der Waals surface area contributed by atoms with Crippen molar-refractivity contribution in [2.24, 2.45) is 7.05 Å². The topological polar surface area (TPSA) is 50.1 Å². The van der Waals surface area contributed by atoms with Crippen LogP contribution < -0.4 is 5.32 Å². The van der Waals surface area contributed by atoms with E-state index in [-0.39, 0.29) is 12.6 Å². The summed E-state index contributed by atoms with van der Waals surface area (Å²) in [6.45, 7) is 7.17. The molecule has 0 aromatic carbocycles. The smallest absolute Gasteiger partial charge is 0.0694 e. The minimum atomic E-state index is 0.130. The Bertz CT molecular complexity index is 307. The van der Waals surface area contributed by atoms with Crippen LogP contribution in [0.25, 0.3) is 0 Å². The number of nitrogens with one attached hydrogen (secondary N) is 1. The number of nitrogens with zero attached hydrogens (tertiary/aromatic N) is 2. The van der Waals surface area contributed by atoms with Gasteiger partial charge in [0.05, 0.1) is 12.3 Å². The molecule has 1 aromatic heterocycles. The summed E-state index contributed by atoms with van der Waals surface area (Å²) in [4.78, 5) is 0. The normalized spacial score (nSPS) is 13.5. The molecule has 0 aliphatic carbocycles. The molecule has 1 rings (SSSR count). The highest BCUT2D eigenvalue weighted by molar-refractivity contribution is 5.20. The molecule has 0 aliphatic heterocycles. The highest BCUT2D eigenvalue weighted by atomic mass is 16.3. The van der Waals surface area contributed by atoms with Crippen molar-refractivity contribution in [3.05, 3.63) is 17.5 Å². The molecule has 0 fully saturated rings. The fourth-order valence-corrected chi connectivity index (χ4v) is 1.53. The van der Waals surface area contributed by atoms with Crippen LogP contribution in [-0.4, -0.2) is 27.5 Å². The Morgan fingerprint density at radius 2 is 2.13 bits per heavy atom. The molecule has 1 aromatic rings. The Hall–Kier alpha value is -0.870. The van der Waals surface area contributed by atoms with Gasteiger partial charge in [0.2, 0.25) is 0 Å². The molecule has 0 radical (unpaired) electrons. The molecule has 0 bridgehead atoms. The van der Waals surface area contributed by atoms with Crippen molar-refractivity contribution in [1.82, 2.24) is 15.1 Å². The molecule has 1 unspecified atom stereocenters. The molecule has 2 N–H and O–H groups in total. The highest BCUT2D eigenvalue weighted by Crippen LogP contribution is 2.16. The lowest BCUT2D eigenvalue weighted by molar-refractivity contribution is 0.251. The predicted molar refractivity (Wildman–Crippen MR) is 60.7 cm³/mol. The van der Waals surface area contributed by atoms with Gasteiger partial charge in [-0.05, 0) is 12.8 Å². The summed E-state index contributed by atoms with van der Waals surface area (Å²) in [7, 11) is 1.94. The van der Waals surface area contributed by atoms with Gasteiger partial charge in [0.1, 0.15) is 0 Å². The second kappa shape index (κ2) is 5.28. The van der Waals surface area contributed by atoms with Crippen LogP contribution in [0.15, 0.2) is 6.20 Å². The average Bonchev–Trinajstić information content (AvgIpc) is 2.56. The molecule has 1 heterocycles. The molecule has 0 saturated carbocycles. The van der Waals surface area contributed by atoms with Crippen LogP contribution in [-0.2, 0) is 13.6 Å². The third kappa shape index (κ3) is 3.32. The Kier molecular flexibility index (Phi) is 4.29. The fraction of sp³-hybridized carbons (Fsp3) is 0.727. The van der Waals surface area contributed by atoms with Crippen LogP contribution in [0.3, 0.4) is 0 Å². The molecule has 15 heavy (non-hydrogen) atoms. The first-order chi connectivity index (χ1) is 7.04. The van der Waals surface area contributed by atoms with Crippen molar-refractivity contribution in [2.75, 3.05) is 6.61 Å². The largest absolute Gasteiger partial charge is 0.395 e. The van der Waals surface area contributed by atoms with E-state index in [2.05, 4.69) is 24.3 Å². The zero-order valence-corrected chi connectivity index (χ0v) is 9.99. The number of aryl methyl sites for hydroxylation is 1. The van der Waals surface area contributed by atoms with E-state index in [0.717, 1.165) is 12.2 Å². The number of aliphatic hydroxyl groups is 1. The second-order valence-corrected chi connectivity index (χ2v) is 4.33. The lowest BCUT2D eigenvalue weighted by Crippen LogP contribution is -2.28.